The lowest BCUT2D eigenvalue weighted by Gasteiger charge is -2.34. The third-order valence-corrected chi connectivity index (χ3v) is 5.15. The van der Waals surface area contributed by atoms with Crippen molar-refractivity contribution in [1.82, 2.24) is 14.9 Å². The standard InChI is InChI=1S/C20H21ClN6O2/c21-12-7-15-14-2-4-24-9-17(14)25-19(15)16(8-12)26-20(28)18-11-29-6-5-27(18)10-13(23)1-3-22/h1-4,7-9,18H,5-6,10-11H2,(H5,22,23,24,25,26,28)/p-1. The fraction of sp³-hybridized carbons (Fsp3) is 0.250. The number of carbonyl (C=O) groups excluding carboxylic acids is 1. The zero-order valence-electron chi connectivity index (χ0n) is 15.5. The van der Waals surface area contributed by atoms with Gasteiger partial charge in [-0.15, -0.1) is 0 Å². The van der Waals surface area contributed by atoms with Gasteiger partial charge in [-0.2, -0.15) is 6.20 Å². The van der Waals surface area contributed by atoms with Crippen LogP contribution in [0.5, 0.6) is 0 Å². The number of H-pyrrole nitrogens is 1. The minimum atomic E-state index is -0.539. The van der Waals surface area contributed by atoms with Crippen molar-refractivity contribution >= 4 is 50.7 Å². The molecule has 150 valence electrons. The van der Waals surface area contributed by atoms with Crippen LogP contribution < -0.4 is 5.32 Å². The summed E-state index contributed by atoms with van der Waals surface area (Å²) >= 11 is 6.31. The van der Waals surface area contributed by atoms with Crippen LogP contribution in [0.2, 0.25) is 5.02 Å². The molecular weight excluding hydrogens is 392 g/mol. The average Bonchev–Trinajstić information content (AvgIpc) is 3.07. The lowest BCUT2D eigenvalue weighted by atomic mass is 10.1. The molecule has 3 aromatic rings. The summed E-state index contributed by atoms with van der Waals surface area (Å²) in [5.74, 6) is -0.229. The van der Waals surface area contributed by atoms with E-state index in [0.717, 1.165) is 28.0 Å². The van der Waals surface area contributed by atoms with Crippen molar-refractivity contribution in [2.45, 2.75) is 6.04 Å². The number of carbonyl (C=O) groups is 1. The Kier molecular flexibility index (Phi) is 5.48. The van der Waals surface area contributed by atoms with E-state index in [0.29, 0.717) is 23.9 Å². The summed E-state index contributed by atoms with van der Waals surface area (Å²) in [7, 11) is 0. The number of pyridine rings is 1. The van der Waals surface area contributed by atoms with Gasteiger partial charge in [-0.3, -0.25) is 14.7 Å². The highest BCUT2D eigenvalue weighted by molar-refractivity contribution is 6.33. The normalized spacial score (nSPS) is 17.9. The SMILES string of the molecule is N=C(/C=C\[NH-])CN1CCOCC1C(=O)Nc1cc(Cl)cc2c1[nH]c1cnccc12. The minimum Gasteiger partial charge on any atom is -0.705 e. The molecule has 1 unspecified atom stereocenters. The number of aromatic nitrogens is 2. The van der Waals surface area contributed by atoms with E-state index in [-0.39, 0.29) is 24.8 Å². The highest BCUT2D eigenvalue weighted by Crippen LogP contribution is 2.33. The first-order chi connectivity index (χ1) is 14.1. The first kappa shape index (κ1) is 19.4. The van der Waals surface area contributed by atoms with Gasteiger partial charge in [0.05, 0.1) is 36.1 Å². The van der Waals surface area contributed by atoms with Gasteiger partial charge >= 0.3 is 0 Å². The third kappa shape index (κ3) is 3.95. The number of nitrogens with zero attached hydrogens (tertiary/aromatic N) is 2. The van der Waals surface area contributed by atoms with E-state index in [9.17, 15) is 4.79 Å². The first-order valence-corrected chi connectivity index (χ1v) is 9.53. The number of anilines is 1. The van der Waals surface area contributed by atoms with Crippen molar-refractivity contribution in [3.8, 4) is 0 Å². The predicted molar refractivity (Wildman–Crippen MR) is 115 cm³/mol. The zero-order valence-corrected chi connectivity index (χ0v) is 16.3. The van der Waals surface area contributed by atoms with E-state index in [2.05, 4.69) is 15.3 Å². The van der Waals surface area contributed by atoms with E-state index >= 15 is 0 Å². The lowest BCUT2D eigenvalue weighted by Crippen LogP contribution is -2.53. The lowest BCUT2D eigenvalue weighted by molar-refractivity contribution is -0.126. The number of rotatable bonds is 5. The Morgan fingerprint density at radius 2 is 2.34 bits per heavy atom. The third-order valence-electron chi connectivity index (χ3n) is 4.93. The second-order valence-electron chi connectivity index (χ2n) is 6.83. The number of benzene rings is 1. The van der Waals surface area contributed by atoms with Crippen LogP contribution in [-0.4, -0.2) is 58.8 Å². The molecule has 9 heteroatoms. The molecule has 1 aliphatic heterocycles. The maximum Gasteiger partial charge on any atom is 0.244 e. The number of fused-ring (bicyclic) bond motifs is 3. The summed E-state index contributed by atoms with van der Waals surface area (Å²) in [5, 5.41) is 13.3. The van der Waals surface area contributed by atoms with Gasteiger partial charge in [0.15, 0.2) is 0 Å². The maximum atomic E-state index is 13.1. The Labute approximate surface area is 172 Å². The van der Waals surface area contributed by atoms with Crippen LogP contribution in [0.15, 0.2) is 42.9 Å². The summed E-state index contributed by atoms with van der Waals surface area (Å²) in [6.45, 7) is 1.55. The number of halogens is 1. The fourth-order valence-corrected chi connectivity index (χ4v) is 3.79. The van der Waals surface area contributed by atoms with Crippen LogP contribution >= 0.6 is 11.6 Å². The van der Waals surface area contributed by atoms with Gasteiger partial charge in [-0.05, 0) is 18.2 Å². The number of hydrogen-bond donors (Lipinski definition) is 3. The van der Waals surface area contributed by atoms with Crippen molar-refractivity contribution in [1.29, 1.82) is 5.41 Å². The Bertz CT molecular complexity index is 1110. The number of ether oxygens (including phenoxy) is 1. The van der Waals surface area contributed by atoms with E-state index in [1.54, 1.807) is 18.5 Å². The Hall–Kier alpha value is -2.94. The average molecular weight is 412 g/mol. The van der Waals surface area contributed by atoms with Crippen molar-refractivity contribution < 1.29 is 9.53 Å². The molecule has 0 radical (unpaired) electrons. The molecule has 1 aliphatic rings. The molecule has 0 aliphatic carbocycles. The van der Waals surface area contributed by atoms with E-state index in [1.165, 1.54) is 6.08 Å². The van der Waals surface area contributed by atoms with Gasteiger partial charge in [-0.25, -0.2) is 0 Å². The smallest absolute Gasteiger partial charge is 0.244 e. The summed E-state index contributed by atoms with van der Waals surface area (Å²) in [6, 6.07) is 4.93. The molecule has 4 N–H and O–H groups in total. The van der Waals surface area contributed by atoms with Crippen molar-refractivity contribution in [2.75, 3.05) is 31.6 Å². The minimum absolute atomic E-state index is 0.229. The quantitative estimate of drug-likeness (QED) is 0.556. The van der Waals surface area contributed by atoms with Gasteiger partial charge in [0.25, 0.3) is 0 Å². The van der Waals surface area contributed by atoms with E-state index in [1.807, 2.05) is 17.0 Å². The largest absolute Gasteiger partial charge is 0.705 e. The van der Waals surface area contributed by atoms with Crippen LogP contribution in [-0.2, 0) is 9.53 Å². The number of aromatic amines is 1. The van der Waals surface area contributed by atoms with Gasteiger partial charge in [0.1, 0.15) is 6.04 Å². The summed E-state index contributed by atoms with van der Waals surface area (Å²) < 4.78 is 5.50. The van der Waals surface area contributed by atoms with Gasteiger partial charge in [0, 0.05) is 40.8 Å². The maximum absolute atomic E-state index is 13.1. The van der Waals surface area contributed by atoms with E-state index < -0.39 is 6.04 Å². The van der Waals surface area contributed by atoms with Gasteiger partial charge < -0.3 is 26.2 Å². The second-order valence-corrected chi connectivity index (χ2v) is 7.27. The molecule has 1 saturated heterocycles. The molecule has 4 rings (SSSR count). The van der Waals surface area contributed by atoms with Crippen LogP contribution in [0.3, 0.4) is 0 Å². The number of hydrogen-bond acceptors (Lipinski definition) is 5. The molecule has 1 aromatic carbocycles. The molecule has 0 saturated carbocycles. The highest BCUT2D eigenvalue weighted by Gasteiger charge is 2.30. The molecule has 1 fully saturated rings. The topological polar surface area (TPSA) is 118 Å². The Morgan fingerprint density at radius 1 is 1.48 bits per heavy atom. The summed E-state index contributed by atoms with van der Waals surface area (Å²) in [6.07, 6.45) is 5.93. The van der Waals surface area contributed by atoms with Crippen molar-refractivity contribution in [3.05, 3.63) is 53.6 Å². The zero-order chi connectivity index (χ0) is 20.4. The Morgan fingerprint density at radius 3 is 3.17 bits per heavy atom. The van der Waals surface area contributed by atoms with Gasteiger partial charge in [0.2, 0.25) is 5.91 Å². The van der Waals surface area contributed by atoms with Crippen LogP contribution in [0.1, 0.15) is 0 Å². The summed E-state index contributed by atoms with van der Waals surface area (Å²) in [5.41, 5.74) is 9.60. The monoisotopic (exact) mass is 411 g/mol. The molecule has 0 spiro atoms. The molecular formula is C20H20ClN6O2-. The van der Waals surface area contributed by atoms with Gasteiger partial charge in [-0.1, -0.05) is 17.7 Å². The van der Waals surface area contributed by atoms with Crippen LogP contribution in [0, 0.1) is 5.41 Å². The molecule has 8 nitrogen and oxygen atoms in total. The fourth-order valence-electron chi connectivity index (χ4n) is 3.57. The van der Waals surface area contributed by atoms with Crippen LogP contribution in [0.4, 0.5) is 5.69 Å². The number of morpholine rings is 1. The van der Waals surface area contributed by atoms with Crippen LogP contribution in [0.25, 0.3) is 27.5 Å². The Balaban J connectivity index is 1.63. The molecule has 29 heavy (non-hydrogen) atoms. The molecule has 1 atom stereocenters. The number of amides is 1. The van der Waals surface area contributed by atoms with Crippen molar-refractivity contribution in [3.63, 3.8) is 0 Å². The van der Waals surface area contributed by atoms with Crippen molar-refractivity contribution in [2.24, 2.45) is 0 Å². The number of nitrogens with one attached hydrogen (secondary N) is 4. The summed E-state index contributed by atoms with van der Waals surface area (Å²) in [4.78, 5) is 22.4. The molecule has 0 bridgehead atoms. The first-order valence-electron chi connectivity index (χ1n) is 9.15. The van der Waals surface area contributed by atoms with E-state index in [4.69, 9.17) is 27.5 Å². The predicted octanol–water partition coefficient (Wildman–Crippen LogP) is 3.59. The second kappa shape index (κ2) is 8.20. The highest BCUT2D eigenvalue weighted by atomic mass is 35.5. The molecule has 3 heterocycles. The molecule has 2 aromatic heterocycles. The molecule has 1 amide bonds.